The number of rotatable bonds is 9. The van der Waals surface area contributed by atoms with Gasteiger partial charge in [0.15, 0.2) is 6.10 Å². The van der Waals surface area contributed by atoms with E-state index in [1.54, 1.807) is 13.0 Å². The fourth-order valence-corrected chi connectivity index (χ4v) is 3.97. The molecule has 0 aliphatic carbocycles. The maximum Gasteiger partial charge on any atom is 0.321 e. The third-order valence-corrected chi connectivity index (χ3v) is 6.44. The van der Waals surface area contributed by atoms with Gasteiger partial charge in [-0.3, -0.25) is 14.4 Å². The van der Waals surface area contributed by atoms with Gasteiger partial charge in [-0.15, -0.1) is 0 Å². The number of hydrogen-bond acceptors (Lipinski definition) is 6. The topological polar surface area (TPSA) is 131 Å². The molecule has 3 N–H and O–H groups in total. The van der Waals surface area contributed by atoms with Gasteiger partial charge in [0.05, 0.1) is 11.4 Å². The van der Waals surface area contributed by atoms with Crippen LogP contribution in [0.1, 0.15) is 29.2 Å². The summed E-state index contributed by atoms with van der Waals surface area (Å²) in [5, 5.41) is 5.12. The average Bonchev–Trinajstić information content (AvgIpc) is 2.75. The predicted molar refractivity (Wildman–Crippen MR) is 124 cm³/mol. The lowest BCUT2D eigenvalue weighted by Gasteiger charge is -2.15. The van der Waals surface area contributed by atoms with Crippen molar-refractivity contribution < 1.29 is 27.5 Å². The van der Waals surface area contributed by atoms with Crippen LogP contribution >= 0.6 is 0 Å². The average molecular weight is 476 g/mol. The SMILES string of the molecule is Cc1ccc(S(=O)(=O)NCC(=O)O[C@H](C)C(=O)NCC(=O)Nc2c(C)cccc2C)cc1C. The van der Waals surface area contributed by atoms with E-state index in [9.17, 15) is 22.8 Å². The van der Waals surface area contributed by atoms with Crippen LogP contribution in [-0.4, -0.2) is 45.4 Å². The summed E-state index contributed by atoms with van der Waals surface area (Å²) in [6.07, 6.45) is -1.21. The van der Waals surface area contributed by atoms with Crippen molar-refractivity contribution in [1.29, 1.82) is 0 Å². The standard InChI is InChI=1S/C23H29N3O6S/c1-14-9-10-19(11-17(14)4)33(30,31)25-13-21(28)32-18(5)23(29)24-12-20(27)26-22-15(2)7-6-8-16(22)3/h6-11,18,25H,12-13H2,1-5H3,(H,24,29)(H,26,27)/t18-/m1/s1. The Kier molecular flexibility index (Phi) is 8.72. The van der Waals surface area contributed by atoms with E-state index in [0.29, 0.717) is 5.69 Å². The van der Waals surface area contributed by atoms with E-state index in [0.717, 1.165) is 22.3 Å². The van der Waals surface area contributed by atoms with Crippen molar-refractivity contribution in [1.82, 2.24) is 10.0 Å². The molecule has 0 saturated heterocycles. The molecule has 0 aromatic heterocycles. The zero-order valence-corrected chi connectivity index (χ0v) is 20.1. The van der Waals surface area contributed by atoms with Crippen molar-refractivity contribution in [3.05, 3.63) is 58.7 Å². The Labute approximate surface area is 194 Å². The van der Waals surface area contributed by atoms with Gasteiger partial charge in [-0.25, -0.2) is 8.42 Å². The molecule has 2 aromatic rings. The molecular weight excluding hydrogens is 446 g/mol. The molecule has 0 heterocycles. The number of ether oxygens (including phenoxy) is 1. The predicted octanol–water partition coefficient (Wildman–Crippen LogP) is 1.89. The molecule has 0 aliphatic rings. The highest BCUT2D eigenvalue weighted by molar-refractivity contribution is 7.89. The monoisotopic (exact) mass is 475 g/mol. The maximum absolute atomic E-state index is 12.4. The molecule has 0 saturated carbocycles. The second-order valence-electron chi connectivity index (χ2n) is 7.74. The first-order valence-corrected chi connectivity index (χ1v) is 11.8. The van der Waals surface area contributed by atoms with Gasteiger partial charge in [0.25, 0.3) is 5.91 Å². The number of anilines is 1. The van der Waals surface area contributed by atoms with Crippen molar-refractivity contribution in [3.8, 4) is 0 Å². The van der Waals surface area contributed by atoms with Gasteiger partial charge < -0.3 is 15.4 Å². The number of benzene rings is 2. The summed E-state index contributed by atoms with van der Waals surface area (Å²) in [7, 11) is -3.91. The Balaban J connectivity index is 1.82. The molecule has 0 unspecified atom stereocenters. The van der Waals surface area contributed by atoms with Gasteiger partial charge in [-0.2, -0.15) is 4.72 Å². The van der Waals surface area contributed by atoms with E-state index in [4.69, 9.17) is 4.74 Å². The molecule has 10 heteroatoms. The van der Waals surface area contributed by atoms with Gasteiger partial charge in [0, 0.05) is 5.69 Å². The van der Waals surface area contributed by atoms with Gasteiger partial charge in [-0.1, -0.05) is 24.3 Å². The molecule has 2 amide bonds. The molecule has 178 valence electrons. The lowest BCUT2D eigenvalue weighted by atomic mass is 10.1. The van der Waals surface area contributed by atoms with Crippen molar-refractivity contribution in [2.24, 2.45) is 0 Å². The normalized spacial score (nSPS) is 12.0. The lowest BCUT2D eigenvalue weighted by Crippen LogP contribution is -2.41. The Morgan fingerprint density at radius 1 is 0.909 bits per heavy atom. The number of sulfonamides is 1. The minimum Gasteiger partial charge on any atom is -0.452 e. The highest BCUT2D eigenvalue weighted by Gasteiger charge is 2.21. The molecule has 9 nitrogen and oxygen atoms in total. The molecule has 2 rings (SSSR count). The summed E-state index contributed by atoms with van der Waals surface area (Å²) in [5.41, 5.74) is 4.19. The van der Waals surface area contributed by atoms with Gasteiger partial charge in [-0.05, 0) is 69.0 Å². The van der Waals surface area contributed by atoms with E-state index in [2.05, 4.69) is 15.4 Å². The van der Waals surface area contributed by atoms with E-state index >= 15 is 0 Å². The minimum absolute atomic E-state index is 0.0269. The van der Waals surface area contributed by atoms with Gasteiger partial charge >= 0.3 is 5.97 Å². The Morgan fingerprint density at radius 3 is 2.15 bits per heavy atom. The fraction of sp³-hybridized carbons (Fsp3) is 0.348. The van der Waals surface area contributed by atoms with Crippen LogP contribution < -0.4 is 15.4 Å². The van der Waals surface area contributed by atoms with E-state index in [-0.39, 0.29) is 11.4 Å². The van der Waals surface area contributed by atoms with Crippen molar-refractivity contribution in [2.75, 3.05) is 18.4 Å². The van der Waals surface area contributed by atoms with E-state index < -0.39 is 40.5 Å². The molecule has 0 aliphatic heterocycles. The molecule has 1 atom stereocenters. The number of nitrogens with one attached hydrogen (secondary N) is 3. The summed E-state index contributed by atoms with van der Waals surface area (Å²) < 4.78 is 31.8. The van der Waals surface area contributed by atoms with Crippen LogP contribution in [0.5, 0.6) is 0 Å². The summed E-state index contributed by atoms with van der Waals surface area (Å²) in [6, 6.07) is 10.2. The number of carbonyl (C=O) groups is 3. The van der Waals surface area contributed by atoms with Crippen LogP contribution in [-0.2, 0) is 29.1 Å². The molecule has 0 spiro atoms. The summed E-state index contributed by atoms with van der Waals surface area (Å²) in [6.45, 7) is 7.73. The smallest absolute Gasteiger partial charge is 0.321 e. The summed E-state index contributed by atoms with van der Waals surface area (Å²) >= 11 is 0. The van der Waals surface area contributed by atoms with Crippen LogP contribution in [0, 0.1) is 27.7 Å². The highest BCUT2D eigenvalue weighted by atomic mass is 32.2. The van der Waals surface area contributed by atoms with Crippen LogP contribution in [0.3, 0.4) is 0 Å². The van der Waals surface area contributed by atoms with Gasteiger partial charge in [0.2, 0.25) is 15.9 Å². The third kappa shape index (κ3) is 7.40. The molecule has 0 fully saturated rings. The number of aryl methyl sites for hydroxylation is 4. The quantitative estimate of drug-likeness (QED) is 0.475. The fourth-order valence-electron chi connectivity index (χ4n) is 2.92. The number of hydrogen-bond donors (Lipinski definition) is 3. The van der Waals surface area contributed by atoms with Crippen LogP contribution in [0.25, 0.3) is 0 Å². The van der Waals surface area contributed by atoms with Crippen LogP contribution in [0.15, 0.2) is 41.3 Å². The molecular formula is C23H29N3O6S. The number of esters is 1. The molecule has 0 bridgehead atoms. The second-order valence-corrected chi connectivity index (χ2v) is 9.50. The lowest BCUT2D eigenvalue weighted by molar-refractivity contribution is -0.153. The summed E-state index contributed by atoms with van der Waals surface area (Å²) in [4.78, 5) is 36.3. The number of carbonyl (C=O) groups excluding carboxylic acids is 3. The zero-order chi connectivity index (χ0) is 24.8. The minimum atomic E-state index is -3.91. The first-order valence-electron chi connectivity index (χ1n) is 10.3. The highest BCUT2D eigenvalue weighted by Crippen LogP contribution is 2.19. The maximum atomic E-state index is 12.4. The Hall–Kier alpha value is -3.24. The Morgan fingerprint density at radius 2 is 1.55 bits per heavy atom. The van der Waals surface area contributed by atoms with Crippen LogP contribution in [0.2, 0.25) is 0 Å². The number of para-hydroxylation sites is 1. The van der Waals surface area contributed by atoms with E-state index in [1.165, 1.54) is 19.1 Å². The largest absolute Gasteiger partial charge is 0.452 e. The van der Waals surface area contributed by atoms with Crippen molar-refractivity contribution in [2.45, 2.75) is 45.6 Å². The van der Waals surface area contributed by atoms with Gasteiger partial charge in [0.1, 0.15) is 6.54 Å². The van der Waals surface area contributed by atoms with Crippen LogP contribution in [0.4, 0.5) is 5.69 Å². The third-order valence-electron chi connectivity index (χ3n) is 5.04. The molecule has 33 heavy (non-hydrogen) atoms. The van der Waals surface area contributed by atoms with Crippen molar-refractivity contribution >= 4 is 33.5 Å². The first-order chi connectivity index (χ1) is 15.4. The second kappa shape index (κ2) is 11.1. The molecule has 0 radical (unpaired) electrons. The number of amides is 2. The van der Waals surface area contributed by atoms with E-state index in [1.807, 2.05) is 39.0 Å². The van der Waals surface area contributed by atoms with Crippen molar-refractivity contribution in [3.63, 3.8) is 0 Å². The molecule has 2 aromatic carbocycles. The summed E-state index contributed by atoms with van der Waals surface area (Å²) in [5.74, 6) is -2.04. The zero-order valence-electron chi connectivity index (χ0n) is 19.3. The Bertz CT molecular complexity index is 1140. The first kappa shape index (κ1) is 26.0.